The fraction of sp³-hybridized carbons (Fsp3) is 0.200. The number of halogens is 1. The SMILES string of the molecule is Nc1cc(C(=O)NCCCc2ccccc2)c(Cl)cn1. The van der Waals surface area contributed by atoms with Crippen LogP contribution in [0, 0.1) is 0 Å². The minimum atomic E-state index is -0.225. The molecule has 1 aromatic carbocycles. The molecule has 0 aliphatic carbocycles. The van der Waals surface area contributed by atoms with Crippen LogP contribution in [0.5, 0.6) is 0 Å². The Labute approximate surface area is 123 Å². The number of benzene rings is 1. The number of anilines is 1. The molecular formula is C15H16ClN3O. The normalized spacial score (nSPS) is 10.2. The van der Waals surface area contributed by atoms with Gasteiger partial charge in [0.05, 0.1) is 10.6 Å². The smallest absolute Gasteiger partial charge is 0.252 e. The molecule has 0 fully saturated rings. The summed E-state index contributed by atoms with van der Waals surface area (Å²) in [6, 6.07) is 11.6. The molecule has 0 spiro atoms. The predicted octanol–water partition coefficient (Wildman–Crippen LogP) is 2.68. The molecule has 1 amide bonds. The maximum Gasteiger partial charge on any atom is 0.252 e. The third-order valence-electron chi connectivity index (χ3n) is 2.89. The third kappa shape index (κ3) is 3.96. The minimum absolute atomic E-state index is 0.225. The highest BCUT2D eigenvalue weighted by atomic mass is 35.5. The number of nitrogen functional groups attached to an aromatic ring is 1. The highest BCUT2D eigenvalue weighted by Crippen LogP contribution is 2.16. The Morgan fingerprint density at radius 1 is 1.30 bits per heavy atom. The van der Waals surface area contributed by atoms with Crippen LogP contribution < -0.4 is 11.1 Å². The monoisotopic (exact) mass is 289 g/mol. The van der Waals surface area contributed by atoms with Crippen molar-refractivity contribution in [2.75, 3.05) is 12.3 Å². The van der Waals surface area contributed by atoms with E-state index in [-0.39, 0.29) is 11.7 Å². The molecule has 2 rings (SSSR count). The summed E-state index contributed by atoms with van der Waals surface area (Å²) in [6.45, 7) is 0.590. The second-order valence-electron chi connectivity index (χ2n) is 4.43. The zero-order chi connectivity index (χ0) is 14.4. The number of hydrogen-bond acceptors (Lipinski definition) is 3. The molecule has 104 valence electrons. The number of nitrogens with one attached hydrogen (secondary N) is 1. The highest BCUT2D eigenvalue weighted by molar-refractivity contribution is 6.33. The van der Waals surface area contributed by atoms with Crippen molar-refractivity contribution in [3.8, 4) is 0 Å². The molecule has 1 heterocycles. The van der Waals surface area contributed by atoms with Gasteiger partial charge in [0.2, 0.25) is 0 Å². The van der Waals surface area contributed by atoms with E-state index in [0.29, 0.717) is 17.1 Å². The van der Waals surface area contributed by atoms with Gasteiger partial charge in [-0.2, -0.15) is 0 Å². The van der Waals surface area contributed by atoms with E-state index in [1.54, 1.807) is 0 Å². The van der Waals surface area contributed by atoms with Crippen LogP contribution in [0.3, 0.4) is 0 Å². The summed E-state index contributed by atoms with van der Waals surface area (Å²) >= 11 is 5.92. The quantitative estimate of drug-likeness (QED) is 0.832. The fourth-order valence-corrected chi connectivity index (χ4v) is 2.05. The van der Waals surface area contributed by atoms with E-state index < -0.39 is 0 Å². The standard InChI is InChI=1S/C15H16ClN3O/c16-13-10-19-14(17)9-12(13)15(20)18-8-4-7-11-5-2-1-3-6-11/h1-3,5-6,9-10H,4,7-8H2,(H2,17,19)(H,18,20). The number of aromatic nitrogens is 1. The van der Waals surface area contributed by atoms with Crippen LogP contribution in [0.4, 0.5) is 5.82 Å². The average Bonchev–Trinajstić information content (AvgIpc) is 2.47. The first-order chi connectivity index (χ1) is 9.66. The first-order valence-electron chi connectivity index (χ1n) is 6.40. The summed E-state index contributed by atoms with van der Waals surface area (Å²) in [6.07, 6.45) is 3.18. The van der Waals surface area contributed by atoms with Crippen LogP contribution in [0.15, 0.2) is 42.6 Å². The van der Waals surface area contributed by atoms with Gasteiger partial charge < -0.3 is 11.1 Å². The second kappa shape index (κ2) is 6.91. The molecule has 0 saturated carbocycles. The van der Waals surface area contributed by atoms with Crippen LogP contribution >= 0.6 is 11.6 Å². The largest absolute Gasteiger partial charge is 0.384 e. The van der Waals surface area contributed by atoms with E-state index in [1.807, 2.05) is 18.2 Å². The Kier molecular flexibility index (Phi) is 4.96. The number of nitrogens with zero attached hydrogens (tertiary/aromatic N) is 1. The van der Waals surface area contributed by atoms with Crippen molar-refractivity contribution in [1.82, 2.24) is 10.3 Å². The van der Waals surface area contributed by atoms with Gasteiger partial charge >= 0.3 is 0 Å². The molecule has 0 aliphatic heterocycles. The number of carbonyl (C=O) groups excluding carboxylic acids is 1. The van der Waals surface area contributed by atoms with Crippen molar-refractivity contribution < 1.29 is 4.79 Å². The van der Waals surface area contributed by atoms with Gasteiger partial charge in [0.25, 0.3) is 5.91 Å². The molecular weight excluding hydrogens is 274 g/mol. The lowest BCUT2D eigenvalue weighted by Gasteiger charge is -2.07. The number of carbonyl (C=O) groups is 1. The minimum Gasteiger partial charge on any atom is -0.384 e. The summed E-state index contributed by atoms with van der Waals surface area (Å²) in [7, 11) is 0. The van der Waals surface area contributed by atoms with E-state index in [4.69, 9.17) is 17.3 Å². The fourth-order valence-electron chi connectivity index (χ4n) is 1.86. The number of hydrogen-bond donors (Lipinski definition) is 2. The number of nitrogens with two attached hydrogens (primary N) is 1. The Balaban J connectivity index is 1.82. The maximum absolute atomic E-state index is 12.0. The van der Waals surface area contributed by atoms with Gasteiger partial charge in [0, 0.05) is 12.7 Å². The maximum atomic E-state index is 12.0. The number of rotatable bonds is 5. The summed E-state index contributed by atoms with van der Waals surface area (Å²) in [5.74, 6) is 0.0565. The molecule has 4 nitrogen and oxygen atoms in total. The molecule has 2 aromatic rings. The van der Waals surface area contributed by atoms with Crippen LogP contribution in [-0.2, 0) is 6.42 Å². The molecule has 3 N–H and O–H groups in total. The predicted molar refractivity (Wildman–Crippen MR) is 80.8 cm³/mol. The topological polar surface area (TPSA) is 68.0 Å². The highest BCUT2D eigenvalue weighted by Gasteiger charge is 2.10. The third-order valence-corrected chi connectivity index (χ3v) is 3.19. The summed E-state index contributed by atoms with van der Waals surface area (Å²) in [4.78, 5) is 15.8. The average molecular weight is 290 g/mol. The van der Waals surface area contributed by atoms with Crippen molar-refractivity contribution in [1.29, 1.82) is 0 Å². The Morgan fingerprint density at radius 3 is 2.80 bits per heavy atom. The molecule has 1 aromatic heterocycles. The van der Waals surface area contributed by atoms with Crippen molar-refractivity contribution in [2.45, 2.75) is 12.8 Å². The van der Waals surface area contributed by atoms with Gasteiger partial charge in [-0.1, -0.05) is 41.9 Å². The van der Waals surface area contributed by atoms with Crippen molar-refractivity contribution in [3.05, 3.63) is 58.7 Å². The lowest BCUT2D eigenvalue weighted by Crippen LogP contribution is -2.25. The van der Waals surface area contributed by atoms with Crippen molar-refractivity contribution >= 4 is 23.3 Å². The van der Waals surface area contributed by atoms with E-state index in [1.165, 1.54) is 17.8 Å². The van der Waals surface area contributed by atoms with Crippen LogP contribution in [0.2, 0.25) is 5.02 Å². The van der Waals surface area contributed by atoms with Crippen molar-refractivity contribution in [3.63, 3.8) is 0 Å². The summed E-state index contributed by atoms with van der Waals surface area (Å²) in [5.41, 5.74) is 7.16. The number of pyridine rings is 1. The van der Waals surface area contributed by atoms with Crippen molar-refractivity contribution in [2.24, 2.45) is 0 Å². The summed E-state index contributed by atoms with van der Waals surface area (Å²) in [5, 5.41) is 3.14. The molecule has 0 bridgehead atoms. The summed E-state index contributed by atoms with van der Waals surface area (Å²) < 4.78 is 0. The lowest BCUT2D eigenvalue weighted by molar-refractivity contribution is 0.0953. The van der Waals surface area contributed by atoms with E-state index >= 15 is 0 Å². The van der Waals surface area contributed by atoms with E-state index in [0.717, 1.165) is 12.8 Å². The first-order valence-corrected chi connectivity index (χ1v) is 6.78. The molecule has 20 heavy (non-hydrogen) atoms. The molecule has 0 unspecified atom stereocenters. The van der Waals surface area contributed by atoms with Gasteiger partial charge in [-0.3, -0.25) is 4.79 Å². The Bertz CT molecular complexity index is 587. The zero-order valence-electron chi connectivity index (χ0n) is 11.0. The second-order valence-corrected chi connectivity index (χ2v) is 4.84. The molecule has 0 aliphatic rings. The Morgan fingerprint density at radius 2 is 2.05 bits per heavy atom. The first kappa shape index (κ1) is 14.3. The van der Waals surface area contributed by atoms with Gasteiger partial charge in [0.1, 0.15) is 5.82 Å². The number of amides is 1. The van der Waals surface area contributed by atoms with Crippen LogP contribution in [-0.4, -0.2) is 17.4 Å². The molecule has 5 heteroatoms. The van der Waals surface area contributed by atoms with E-state index in [9.17, 15) is 4.79 Å². The lowest BCUT2D eigenvalue weighted by atomic mass is 10.1. The van der Waals surface area contributed by atoms with E-state index in [2.05, 4.69) is 22.4 Å². The number of aryl methyl sites for hydroxylation is 1. The molecule has 0 atom stereocenters. The molecule has 0 saturated heterocycles. The van der Waals surface area contributed by atoms with Crippen LogP contribution in [0.1, 0.15) is 22.3 Å². The van der Waals surface area contributed by atoms with Gasteiger partial charge in [0.15, 0.2) is 0 Å². The molecule has 0 radical (unpaired) electrons. The van der Waals surface area contributed by atoms with Gasteiger partial charge in [-0.25, -0.2) is 4.98 Å². The van der Waals surface area contributed by atoms with Gasteiger partial charge in [-0.15, -0.1) is 0 Å². The van der Waals surface area contributed by atoms with Crippen LogP contribution in [0.25, 0.3) is 0 Å². The Hall–Kier alpha value is -2.07. The van der Waals surface area contributed by atoms with Gasteiger partial charge in [-0.05, 0) is 24.5 Å². The zero-order valence-corrected chi connectivity index (χ0v) is 11.7.